The smallest absolute Gasteiger partial charge is 0.314 e. The molecule has 8 heteroatoms. The van der Waals surface area contributed by atoms with Gasteiger partial charge in [-0.05, 0) is 68.0 Å². The van der Waals surface area contributed by atoms with E-state index < -0.39 is 5.09 Å². The molecule has 0 saturated carbocycles. The molecule has 0 aliphatic carbocycles. The zero-order valence-electron chi connectivity index (χ0n) is 21.0. The molecule has 0 N–H and O–H groups in total. The van der Waals surface area contributed by atoms with Crippen LogP contribution in [-0.4, -0.2) is 30.2 Å². The number of ether oxygens (including phenoxy) is 2. The number of carbonyl (C=O) groups is 2. The van der Waals surface area contributed by atoms with E-state index >= 15 is 0 Å². The molecule has 0 spiro atoms. The van der Waals surface area contributed by atoms with Crippen LogP contribution < -0.4 is 4.74 Å². The van der Waals surface area contributed by atoms with Crippen molar-refractivity contribution in [2.24, 2.45) is 5.92 Å². The normalized spacial score (nSPS) is 11.7. The van der Waals surface area contributed by atoms with E-state index in [2.05, 4.69) is 23.9 Å². The van der Waals surface area contributed by atoms with Crippen LogP contribution in [0.5, 0.6) is 5.75 Å². The Morgan fingerprint density at radius 2 is 1.74 bits per heavy atom. The first-order valence-corrected chi connectivity index (χ1v) is 12.5. The van der Waals surface area contributed by atoms with Gasteiger partial charge in [0.25, 0.3) is 5.09 Å². The molecule has 1 unspecified atom stereocenters. The highest BCUT2D eigenvalue weighted by Gasteiger charge is 2.17. The minimum absolute atomic E-state index is 0.0164. The van der Waals surface area contributed by atoms with Crippen molar-refractivity contribution in [2.45, 2.75) is 78.6 Å². The van der Waals surface area contributed by atoms with Crippen LogP contribution in [0.4, 0.5) is 0 Å². The summed E-state index contributed by atoms with van der Waals surface area (Å²) in [6, 6.07) is 10.00. The average Bonchev–Trinajstić information content (AvgIpc) is 2.83. The summed E-state index contributed by atoms with van der Waals surface area (Å²) in [7, 11) is 0. The Bertz CT molecular complexity index is 989. The van der Waals surface area contributed by atoms with Crippen molar-refractivity contribution >= 4 is 22.7 Å². The van der Waals surface area contributed by atoms with E-state index in [0.29, 0.717) is 25.0 Å². The second-order valence-electron chi connectivity index (χ2n) is 8.84. The zero-order chi connectivity index (χ0) is 25.6. The molecule has 35 heavy (non-hydrogen) atoms. The van der Waals surface area contributed by atoms with Crippen LogP contribution in [-0.2, 0) is 25.6 Å². The van der Waals surface area contributed by atoms with Gasteiger partial charge in [-0.2, -0.15) is 0 Å². The number of esters is 2. The number of benzene rings is 2. The number of hydrogen-bond donors (Lipinski definition) is 0. The minimum atomic E-state index is -0.824. The Kier molecular flexibility index (Phi) is 12.0. The molecule has 0 bridgehead atoms. The minimum Gasteiger partial charge on any atom is -0.466 e. The van der Waals surface area contributed by atoms with Gasteiger partial charge < -0.3 is 14.3 Å². The van der Waals surface area contributed by atoms with Crippen LogP contribution in [0, 0.1) is 23.0 Å². The fourth-order valence-corrected chi connectivity index (χ4v) is 3.83. The summed E-state index contributed by atoms with van der Waals surface area (Å²) >= 11 is 0. The van der Waals surface area contributed by atoms with Gasteiger partial charge in [-0.3, -0.25) is 9.59 Å². The zero-order valence-corrected chi connectivity index (χ0v) is 21.0. The first-order chi connectivity index (χ1) is 16.8. The van der Waals surface area contributed by atoms with E-state index in [1.807, 2.05) is 32.0 Å². The summed E-state index contributed by atoms with van der Waals surface area (Å²) in [5.74, 6) is 0.0362. The topological polar surface area (TPSA) is 105 Å². The molecule has 0 radical (unpaired) electrons. The summed E-state index contributed by atoms with van der Waals surface area (Å²) in [6.07, 6.45) is 6.63. The van der Waals surface area contributed by atoms with Gasteiger partial charge in [0.05, 0.1) is 19.1 Å². The van der Waals surface area contributed by atoms with Gasteiger partial charge in [0.2, 0.25) is 0 Å². The van der Waals surface area contributed by atoms with E-state index in [1.54, 1.807) is 0 Å². The molecule has 0 amide bonds. The fraction of sp³-hybridized carbons (Fsp3) is 0.556. The molecule has 0 aromatic heterocycles. The molecule has 1 atom stereocenters. The lowest BCUT2D eigenvalue weighted by atomic mass is 9.94. The van der Waals surface area contributed by atoms with Gasteiger partial charge >= 0.3 is 11.9 Å². The molecular weight excluding hydrogens is 450 g/mol. The summed E-state index contributed by atoms with van der Waals surface area (Å²) in [5.41, 5.74) is 2.38. The monoisotopic (exact) mass is 487 g/mol. The predicted molar refractivity (Wildman–Crippen MR) is 134 cm³/mol. The van der Waals surface area contributed by atoms with Crippen molar-refractivity contribution in [1.29, 1.82) is 0 Å². The number of fused-ring (bicyclic) bond motifs is 1. The second kappa shape index (κ2) is 15.0. The number of aryl methyl sites for hydroxylation is 2. The molecule has 192 valence electrons. The highest BCUT2D eigenvalue weighted by Crippen LogP contribution is 2.33. The van der Waals surface area contributed by atoms with Crippen LogP contribution in [0.25, 0.3) is 10.8 Å². The van der Waals surface area contributed by atoms with Gasteiger partial charge in [0.15, 0.2) is 0 Å². The summed E-state index contributed by atoms with van der Waals surface area (Å²) in [6.45, 7) is 6.21. The van der Waals surface area contributed by atoms with E-state index in [0.717, 1.165) is 49.3 Å². The molecule has 0 saturated heterocycles. The van der Waals surface area contributed by atoms with Crippen molar-refractivity contribution in [2.75, 3.05) is 13.2 Å². The Morgan fingerprint density at radius 1 is 1.00 bits per heavy atom. The van der Waals surface area contributed by atoms with Crippen molar-refractivity contribution in [1.82, 2.24) is 0 Å². The van der Waals surface area contributed by atoms with Crippen LogP contribution in [0.2, 0.25) is 0 Å². The van der Waals surface area contributed by atoms with E-state index in [4.69, 9.17) is 9.47 Å². The van der Waals surface area contributed by atoms with Crippen LogP contribution in [0.15, 0.2) is 30.3 Å². The van der Waals surface area contributed by atoms with E-state index in [9.17, 15) is 19.7 Å². The largest absolute Gasteiger partial charge is 0.466 e. The maximum absolute atomic E-state index is 12.4. The number of rotatable bonds is 16. The van der Waals surface area contributed by atoms with Crippen LogP contribution in [0.1, 0.15) is 76.3 Å². The molecular formula is C27H37NO7. The summed E-state index contributed by atoms with van der Waals surface area (Å²) in [4.78, 5) is 38.5. The van der Waals surface area contributed by atoms with Crippen LogP contribution >= 0.6 is 0 Å². The highest BCUT2D eigenvalue weighted by atomic mass is 16.9. The first kappa shape index (κ1) is 28.1. The third kappa shape index (κ3) is 9.54. The number of carbonyl (C=O) groups excluding carboxylic acids is 2. The second-order valence-corrected chi connectivity index (χ2v) is 8.84. The Balaban J connectivity index is 1.79. The van der Waals surface area contributed by atoms with Gasteiger partial charge in [-0.15, -0.1) is 10.1 Å². The van der Waals surface area contributed by atoms with E-state index in [1.165, 1.54) is 11.1 Å². The maximum Gasteiger partial charge on any atom is 0.314 e. The summed E-state index contributed by atoms with van der Waals surface area (Å²) < 4.78 is 10.9. The van der Waals surface area contributed by atoms with Gasteiger partial charge in [0.1, 0.15) is 5.75 Å². The standard InChI is InChI=1S/C27H37NO7/c1-4-20(2)27(30)35-24-14-11-12-22-17-16-21(3)23(26(22)24)13-7-5-6-8-15-25(29)33-18-9-10-19-34-28(31)32/h11-12,14,16-17,20H,4-10,13,15,18-19H2,1-3H3. The number of nitrogens with zero attached hydrogens (tertiary/aromatic N) is 1. The third-order valence-corrected chi connectivity index (χ3v) is 6.13. The van der Waals surface area contributed by atoms with Gasteiger partial charge in [-0.25, -0.2) is 0 Å². The molecule has 8 nitrogen and oxygen atoms in total. The molecule has 0 aliphatic heterocycles. The SMILES string of the molecule is CCC(C)C(=O)Oc1cccc2ccc(C)c(CCCCCCC(=O)OCCCCO[N+](=O)[O-])c12. The number of hydrogen-bond acceptors (Lipinski definition) is 7. The van der Waals surface area contributed by atoms with Gasteiger partial charge in [0, 0.05) is 11.8 Å². The third-order valence-electron chi connectivity index (χ3n) is 6.13. The lowest BCUT2D eigenvalue weighted by Gasteiger charge is -2.16. The van der Waals surface area contributed by atoms with Crippen molar-refractivity contribution in [3.8, 4) is 5.75 Å². The predicted octanol–water partition coefficient (Wildman–Crippen LogP) is 6.12. The average molecular weight is 488 g/mol. The molecule has 0 fully saturated rings. The molecule has 2 rings (SSSR count). The molecule has 2 aromatic rings. The van der Waals surface area contributed by atoms with Crippen LogP contribution in [0.3, 0.4) is 0 Å². The van der Waals surface area contributed by atoms with Crippen molar-refractivity contribution < 1.29 is 29.0 Å². The molecule has 0 heterocycles. The lowest BCUT2D eigenvalue weighted by molar-refractivity contribution is -0.757. The fourth-order valence-electron chi connectivity index (χ4n) is 3.83. The molecule has 0 aliphatic rings. The quantitative estimate of drug-likeness (QED) is 0.0922. The maximum atomic E-state index is 12.4. The molecule has 2 aromatic carbocycles. The van der Waals surface area contributed by atoms with Gasteiger partial charge in [-0.1, -0.05) is 51.0 Å². The summed E-state index contributed by atoms with van der Waals surface area (Å²) in [5, 5.41) is 11.3. The highest BCUT2D eigenvalue weighted by molar-refractivity contribution is 5.94. The number of unbranched alkanes of at least 4 members (excludes halogenated alkanes) is 4. The Labute approximate surface area is 207 Å². The lowest BCUT2D eigenvalue weighted by Crippen LogP contribution is -2.17. The Morgan fingerprint density at radius 3 is 2.49 bits per heavy atom. The first-order valence-electron chi connectivity index (χ1n) is 12.5. The van der Waals surface area contributed by atoms with E-state index in [-0.39, 0.29) is 31.1 Å². The van der Waals surface area contributed by atoms with Crippen molar-refractivity contribution in [3.63, 3.8) is 0 Å². The Hall–Kier alpha value is -3.16. The van der Waals surface area contributed by atoms with Crippen molar-refractivity contribution in [3.05, 3.63) is 51.6 Å².